The van der Waals surface area contributed by atoms with Crippen LogP contribution in [0.5, 0.6) is 0 Å². The lowest BCUT2D eigenvalue weighted by atomic mass is 10.0. The summed E-state index contributed by atoms with van der Waals surface area (Å²) in [5, 5.41) is 13.5. The van der Waals surface area contributed by atoms with Crippen LogP contribution in [0.15, 0.2) is 0 Å². The van der Waals surface area contributed by atoms with E-state index in [2.05, 4.69) is 17.6 Å². The number of carbonyl (C=O) groups is 3. The van der Waals surface area contributed by atoms with Crippen LogP contribution in [0.4, 0.5) is 4.79 Å². The van der Waals surface area contributed by atoms with Crippen molar-refractivity contribution < 1.29 is 19.5 Å². The quantitative estimate of drug-likeness (QED) is 0.565. The Bertz CT molecular complexity index is 336. The van der Waals surface area contributed by atoms with Crippen LogP contribution in [0, 0.1) is 5.92 Å². The van der Waals surface area contributed by atoms with Crippen LogP contribution in [0.3, 0.4) is 0 Å². The molecule has 0 radical (unpaired) electrons. The number of amides is 3. The molecule has 0 aliphatic carbocycles. The van der Waals surface area contributed by atoms with Crippen molar-refractivity contribution in [1.29, 1.82) is 0 Å². The molecule has 0 spiro atoms. The van der Waals surface area contributed by atoms with Crippen LogP contribution < -0.4 is 10.6 Å². The highest BCUT2D eigenvalue weighted by atomic mass is 32.2. The average molecular weight is 304 g/mol. The molecular weight excluding hydrogens is 280 g/mol. The summed E-state index contributed by atoms with van der Waals surface area (Å²) in [6.45, 7) is 5.62. The number of carbonyl (C=O) groups excluding carboxylic acids is 2. The third-order valence-electron chi connectivity index (χ3n) is 2.59. The highest BCUT2D eigenvalue weighted by Crippen LogP contribution is 2.07. The van der Waals surface area contributed by atoms with Gasteiger partial charge in [0.15, 0.2) is 0 Å². The van der Waals surface area contributed by atoms with E-state index in [-0.39, 0.29) is 24.8 Å². The largest absolute Gasteiger partial charge is 0.481 e. The molecular formula is C13H24N2O4S. The lowest BCUT2D eigenvalue weighted by Crippen LogP contribution is -2.44. The van der Waals surface area contributed by atoms with Crippen LogP contribution >= 0.6 is 11.8 Å². The van der Waals surface area contributed by atoms with Crippen LogP contribution in [0.1, 0.15) is 40.0 Å². The molecule has 2 atom stereocenters. The number of urea groups is 1. The van der Waals surface area contributed by atoms with Gasteiger partial charge in [0.1, 0.15) is 0 Å². The molecule has 0 aliphatic rings. The van der Waals surface area contributed by atoms with Crippen molar-refractivity contribution in [3.63, 3.8) is 0 Å². The van der Waals surface area contributed by atoms with E-state index in [1.165, 1.54) is 0 Å². The maximum atomic E-state index is 11.5. The first-order chi connectivity index (χ1) is 9.35. The summed E-state index contributed by atoms with van der Waals surface area (Å²) in [6, 6.07) is -0.523. The van der Waals surface area contributed by atoms with Gasteiger partial charge < -0.3 is 10.4 Å². The molecule has 0 bridgehead atoms. The molecule has 7 heteroatoms. The molecule has 3 N–H and O–H groups in total. The third-order valence-corrected chi connectivity index (χ3v) is 3.52. The van der Waals surface area contributed by atoms with Gasteiger partial charge in [-0.25, -0.2) is 4.79 Å². The molecule has 6 nitrogen and oxygen atoms in total. The maximum absolute atomic E-state index is 11.5. The summed E-state index contributed by atoms with van der Waals surface area (Å²) < 4.78 is 0. The van der Waals surface area contributed by atoms with Gasteiger partial charge in [0.05, 0.1) is 0 Å². The Hall–Kier alpha value is -1.24. The molecule has 0 aromatic rings. The fourth-order valence-electron chi connectivity index (χ4n) is 1.60. The zero-order valence-electron chi connectivity index (χ0n) is 12.3. The van der Waals surface area contributed by atoms with Gasteiger partial charge >= 0.3 is 12.0 Å². The van der Waals surface area contributed by atoms with Crippen molar-refractivity contribution in [3.05, 3.63) is 0 Å². The van der Waals surface area contributed by atoms with E-state index in [0.29, 0.717) is 0 Å². The van der Waals surface area contributed by atoms with Gasteiger partial charge in [-0.1, -0.05) is 13.8 Å². The van der Waals surface area contributed by atoms with Crippen LogP contribution in [0.2, 0.25) is 0 Å². The Labute approximate surface area is 124 Å². The number of carboxylic acids is 1. The molecule has 0 fully saturated rings. The lowest BCUT2D eigenvalue weighted by Gasteiger charge is -2.14. The molecule has 0 heterocycles. The predicted octanol–water partition coefficient (Wildman–Crippen LogP) is 1.84. The SMILES string of the molecule is CCSCCC(C)NC(=O)NC(=O)CC(C)CC(=O)O. The Morgan fingerprint density at radius 1 is 1.20 bits per heavy atom. The van der Waals surface area contributed by atoms with Gasteiger partial charge in [0.2, 0.25) is 5.91 Å². The van der Waals surface area contributed by atoms with Gasteiger partial charge in [0.25, 0.3) is 0 Å². The standard InChI is InChI=1S/C13H24N2O4S/c1-4-20-6-5-10(3)14-13(19)15-11(16)7-9(2)8-12(17)18/h9-10H,4-8H2,1-3H3,(H,17,18)(H2,14,15,16,19). The number of nitrogens with one attached hydrogen (secondary N) is 2. The van der Waals surface area contributed by atoms with E-state index < -0.39 is 17.9 Å². The first-order valence-electron chi connectivity index (χ1n) is 6.75. The van der Waals surface area contributed by atoms with Crippen molar-refractivity contribution in [2.45, 2.75) is 46.1 Å². The number of hydrogen-bond donors (Lipinski definition) is 3. The Morgan fingerprint density at radius 3 is 2.40 bits per heavy atom. The number of rotatable bonds is 9. The van der Waals surface area contributed by atoms with Crippen molar-refractivity contribution in [3.8, 4) is 0 Å². The zero-order chi connectivity index (χ0) is 15.5. The van der Waals surface area contributed by atoms with Gasteiger partial charge in [-0.2, -0.15) is 11.8 Å². The molecule has 2 unspecified atom stereocenters. The summed E-state index contributed by atoms with van der Waals surface area (Å²) in [7, 11) is 0. The topological polar surface area (TPSA) is 95.5 Å². The molecule has 3 amide bonds. The molecule has 20 heavy (non-hydrogen) atoms. The second-order valence-electron chi connectivity index (χ2n) is 4.82. The van der Waals surface area contributed by atoms with Gasteiger partial charge in [-0.3, -0.25) is 14.9 Å². The van der Waals surface area contributed by atoms with E-state index >= 15 is 0 Å². The minimum absolute atomic E-state index is 0.00158. The summed E-state index contributed by atoms with van der Waals surface area (Å²) in [5.41, 5.74) is 0. The molecule has 0 rings (SSSR count). The fraction of sp³-hybridized carbons (Fsp3) is 0.769. The maximum Gasteiger partial charge on any atom is 0.321 e. The Kier molecular flexibility index (Phi) is 9.88. The van der Waals surface area contributed by atoms with E-state index in [9.17, 15) is 14.4 Å². The van der Waals surface area contributed by atoms with E-state index in [0.717, 1.165) is 17.9 Å². The molecule has 0 saturated heterocycles. The van der Waals surface area contributed by atoms with Gasteiger partial charge in [0, 0.05) is 18.9 Å². The number of carboxylic acid groups (broad SMARTS) is 1. The molecule has 0 saturated carbocycles. The predicted molar refractivity (Wildman–Crippen MR) is 79.8 cm³/mol. The van der Waals surface area contributed by atoms with Crippen molar-refractivity contribution in [2.75, 3.05) is 11.5 Å². The number of aliphatic carboxylic acids is 1. The molecule has 116 valence electrons. The van der Waals surface area contributed by atoms with E-state index in [4.69, 9.17) is 5.11 Å². The highest BCUT2D eigenvalue weighted by Gasteiger charge is 2.15. The summed E-state index contributed by atoms with van der Waals surface area (Å²) in [4.78, 5) is 33.5. The van der Waals surface area contributed by atoms with E-state index in [1.807, 2.05) is 6.92 Å². The highest BCUT2D eigenvalue weighted by molar-refractivity contribution is 7.99. The zero-order valence-corrected chi connectivity index (χ0v) is 13.1. The Morgan fingerprint density at radius 2 is 1.85 bits per heavy atom. The lowest BCUT2D eigenvalue weighted by molar-refractivity contribution is -0.138. The molecule has 0 aromatic heterocycles. The van der Waals surface area contributed by atoms with Crippen molar-refractivity contribution in [1.82, 2.24) is 10.6 Å². The normalized spacial score (nSPS) is 13.3. The summed E-state index contributed by atoms with van der Waals surface area (Å²) in [5.74, 6) is 0.308. The van der Waals surface area contributed by atoms with E-state index in [1.54, 1.807) is 18.7 Å². The van der Waals surface area contributed by atoms with Crippen LogP contribution in [-0.2, 0) is 9.59 Å². The fourth-order valence-corrected chi connectivity index (χ4v) is 2.41. The summed E-state index contributed by atoms with van der Waals surface area (Å²) >= 11 is 1.80. The first-order valence-corrected chi connectivity index (χ1v) is 7.90. The third kappa shape index (κ3) is 10.7. The Balaban J connectivity index is 3.89. The number of imide groups is 1. The summed E-state index contributed by atoms with van der Waals surface area (Å²) in [6.07, 6.45) is 0.787. The van der Waals surface area contributed by atoms with Gasteiger partial charge in [-0.05, 0) is 30.8 Å². The molecule has 0 aromatic carbocycles. The molecule has 0 aliphatic heterocycles. The first kappa shape index (κ1) is 18.8. The van der Waals surface area contributed by atoms with Crippen molar-refractivity contribution in [2.24, 2.45) is 5.92 Å². The minimum atomic E-state index is -0.947. The van der Waals surface area contributed by atoms with Crippen molar-refractivity contribution >= 4 is 29.7 Å². The van der Waals surface area contributed by atoms with Crippen LogP contribution in [0.25, 0.3) is 0 Å². The number of hydrogen-bond acceptors (Lipinski definition) is 4. The average Bonchev–Trinajstić information content (AvgIpc) is 2.26. The minimum Gasteiger partial charge on any atom is -0.481 e. The van der Waals surface area contributed by atoms with Crippen LogP contribution in [-0.4, -0.2) is 40.6 Å². The second kappa shape index (κ2) is 10.5. The van der Waals surface area contributed by atoms with Gasteiger partial charge in [-0.15, -0.1) is 0 Å². The number of thioether (sulfide) groups is 1. The second-order valence-corrected chi connectivity index (χ2v) is 6.21. The smallest absolute Gasteiger partial charge is 0.321 e. The monoisotopic (exact) mass is 304 g/mol.